The Kier molecular flexibility index (Phi) is 6.04. The normalized spacial score (nSPS) is 15.1. The number of nitrogens with zero attached hydrogens (tertiary/aromatic N) is 1. The fourth-order valence-electron chi connectivity index (χ4n) is 2.95. The Labute approximate surface area is 172 Å². The Hall–Kier alpha value is -2.80. The van der Waals surface area contributed by atoms with Gasteiger partial charge in [-0.2, -0.15) is 0 Å². The molecule has 0 unspecified atom stereocenters. The molecule has 1 aliphatic heterocycles. The van der Waals surface area contributed by atoms with Gasteiger partial charge < -0.3 is 14.8 Å². The molecule has 2 aromatic rings. The highest BCUT2D eigenvalue weighted by Gasteiger charge is 2.32. The summed E-state index contributed by atoms with van der Waals surface area (Å²) in [5.41, 5.74) is 3.15. The molecule has 1 heterocycles. The van der Waals surface area contributed by atoms with E-state index in [0.29, 0.717) is 34.7 Å². The van der Waals surface area contributed by atoms with Crippen molar-refractivity contribution in [1.29, 1.82) is 0 Å². The van der Waals surface area contributed by atoms with Gasteiger partial charge in [0.15, 0.2) is 11.5 Å². The highest BCUT2D eigenvalue weighted by molar-refractivity contribution is 9.10. The van der Waals surface area contributed by atoms with Crippen molar-refractivity contribution < 1.29 is 19.1 Å². The van der Waals surface area contributed by atoms with Crippen LogP contribution in [0.2, 0.25) is 0 Å². The number of methoxy groups -OCH3 is 1. The van der Waals surface area contributed by atoms with Crippen LogP contribution in [0, 0.1) is 6.92 Å². The van der Waals surface area contributed by atoms with E-state index in [0.717, 1.165) is 10.5 Å². The summed E-state index contributed by atoms with van der Waals surface area (Å²) in [5, 5.41) is 2.59. The van der Waals surface area contributed by atoms with Gasteiger partial charge in [0.25, 0.3) is 5.91 Å². The van der Waals surface area contributed by atoms with Gasteiger partial charge >= 0.3 is 6.03 Å². The second kappa shape index (κ2) is 8.48. The number of ether oxygens (including phenoxy) is 2. The average molecular weight is 445 g/mol. The van der Waals surface area contributed by atoms with Crippen LogP contribution < -0.4 is 14.8 Å². The summed E-state index contributed by atoms with van der Waals surface area (Å²) in [6.07, 6.45) is 1.62. The van der Waals surface area contributed by atoms with E-state index < -0.39 is 6.03 Å². The fraction of sp³-hybridized carbons (Fsp3) is 0.238. The topological polar surface area (TPSA) is 67.9 Å². The van der Waals surface area contributed by atoms with Crippen molar-refractivity contribution in [2.45, 2.75) is 20.5 Å². The van der Waals surface area contributed by atoms with Crippen LogP contribution in [-0.4, -0.2) is 30.5 Å². The number of aryl methyl sites for hydroxylation is 1. The van der Waals surface area contributed by atoms with Gasteiger partial charge in [0.1, 0.15) is 12.3 Å². The molecule has 1 N–H and O–H groups in total. The van der Waals surface area contributed by atoms with Gasteiger partial charge in [-0.3, -0.25) is 9.69 Å². The summed E-state index contributed by atoms with van der Waals surface area (Å²) in [5.74, 6) is 0.753. The van der Waals surface area contributed by atoms with Gasteiger partial charge in [-0.25, -0.2) is 4.79 Å². The molecule has 6 nitrogen and oxygen atoms in total. The molecule has 7 heteroatoms. The van der Waals surface area contributed by atoms with E-state index in [1.54, 1.807) is 26.2 Å². The standard InChI is InChI=1S/C21H21BrN2O4/c1-4-24-20(25)17(23-21(24)26)10-15-9-16(22)19(18(11-15)27-3)28-12-14-7-5-6-13(2)8-14/h5-11H,4,12H2,1-3H3,(H,23,26)/b17-10+. The number of nitrogens with one attached hydrogen (secondary N) is 1. The predicted octanol–water partition coefficient (Wildman–Crippen LogP) is 4.26. The molecular weight excluding hydrogens is 424 g/mol. The van der Waals surface area contributed by atoms with Crippen LogP contribution in [0.3, 0.4) is 0 Å². The number of amides is 3. The molecule has 146 valence electrons. The zero-order valence-electron chi connectivity index (χ0n) is 15.9. The number of rotatable bonds is 6. The van der Waals surface area contributed by atoms with Crippen molar-refractivity contribution in [1.82, 2.24) is 10.2 Å². The lowest BCUT2D eigenvalue weighted by atomic mass is 10.1. The number of likely N-dealkylation sites (N-methyl/N-ethyl adjacent to an activating group) is 1. The Morgan fingerprint density at radius 1 is 1.21 bits per heavy atom. The summed E-state index contributed by atoms with van der Waals surface area (Å²) in [7, 11) is 1.56. The van der Waals surface area contributed by atoms with Crippen LogP contribution in [0.1, 0.15) is 23.6 Å². The third-order valence-corrected chi connectivity index (χ3v) is 4.90. The number of benzene rings is 2. The van der Waals surface area contributed by atoms with E-state index in [2.05, 4.69) is 27.3 Å². The van der Waals surface area contributed by atoms with E-state index in [1.165, 1.54) is 5.56 Å². The van der Waals surface area contributed by atoms with Crippen molar-refractivity contribution in [2.24, 2.45) is 0 Å². The predicted molar refractivity (Wildman–Crippen MR) is 110 cm³/mol. The lowest BCUT2D eigenvalue weighted by molar-refractivity contribution is -0.122. The summed E-state index contributed by atoms with van der Waals surface area (Å²) < 4.78 is 12.1. The number of hydrogen-bond donors (Lipinski definition) is 1. The number of halogens is 1. The molecule has 3 rings (SSSR count). The maximum absolute atomic E-state index is 12.3. The number of hydrogen-bond acceptors (Lipinski definition) is 4. The summed E-state index contributed by atoms with van der Waals surface area (Å²) in [4.78, 5) is 25.2. The van der Waals surface area contributed by atoms with Gasteiger partial charge in [-0.1, -0.05) is 29.8 Å². The molecule has 3 amide bonds. The molecule has 0 bridgehead atoms. The van der Waals surface area contributed by atoms with Crippen LogP contribution in [-0.2, 0) is 11.4 Å². The molecule has 0 radical (unpaired) electrons. The molecule has 0 atom stereocenters. The van der Waals surface area contributed by atoms with Crippen molar-refractivity contribution in [3.63, 3.8) is 0 Å². The molecule has 1 saturated heterocycles. The molecule has 0 aromatic heterocycles. The average Bonchev–Trinajstić information content (AvgIpc) is 2.93. The maximum Gasteiger partial charge on any atom is 0.328 e. The lowest BCUT2D eigenvalue weighted by Gasteiger charge is -2.14. The van der Waals surface area contributed by atoms with Crippen LogP contribution in [0.25, 0.3) is 6.08 Å². The van der Waals surface area contributed by atoms with Gasteiger partial charge in [0.05, 0.1) is 11.6 Å². The number of urea groups is 1. The summed E-state index contributed by atoms with van der Waals surface area (Å²) in [6.45, 7) is 4.50. The molecule has 2 aromatic carbocycles. The number of carbonyl (C=O) groups excluding carboxylic acids is 2. The van der Waals surface area contributed by atoms with E-state index >= 15 is 0 Å². The van der Waals surface area contributed by atoms with Crippen molar-refractivity contribution in [2.75, 3.05) is 13.7 Å². The highest BCUT2D eigenvalue weighted by atomic mass is 79.9. The SMILES string of the molecule is CCN1C(=O)N/C(=C/c2cc(Br)c(OCc3cccc(C)c3)c(OC)c2)C1=O. The second-order valence-corrected chi connectivity index (χ2v) is 7.20. The van der Waals surface area contributed by atoms with Crippen LogP contribution in [0.4, 0.5) is 4.79 Å². The van der Waals surface area contributed by atoms with E-state index in [-0.39, 0.29) is 11.6 Å². The van der Waals surface area contributed by atoms with Crippen LogP contribution >= 0.6 is 15.9 Å². The maximum atomic E-state index is 12.3. The number of imide groups is 1. The fourth-order valence-corrected chi connectivity index (χ4v) is 3.52. The van der Waals surface area contributed by atoms with E-state index in [1.807, 2.05) is 31.2 Å². The smallest absolute Gasteiger partial charge is 0.328 e. The van der Waals surface area contributed by atoms with Gasteiger partial charge in [0.2, 0.25) is 0 Å². The minimum absolute atomic E-state index is 0.231. The molecule has 0 spiro atoms. The third-order valence-electron chi connectivity index (χ3n) is 4.31. The first kappa shape index (κ1) is 19.9. The largest absolute Gasteiger partial charge is 0.493 e. The zero-order chi connectivity index (χ0) is 20.3. The van der Waals surface area contributed by atoms with Gasteiger partial charge in [-0.05, 0) is 59.1 Å². The van der Waals surface area contributed by atoms with Crippen LogP contribution in [0.5, 0.6) is 11.5 Å². The minimum atomic E-state index is -0.414. The van der Waals surface area contributed by atoms with E-state index in [9.17, 15) is 9.59 Å². The molecule has 28 heavy (non-hydrogen) atoms. The number of carbonyl (C=O) groups is 2. The second-order valence-electron chi connectivity index (χ2n) is 6.35. The first-order valence-corrected chi connectivity index (χ1v) is 9.62. The molecule has 1 aliphatic rings. The molecule has 0 saturated carbocycles. The Morgan fingerprint density at radius 3 is 2.64 bits per heavy atom. The van der Waals surface area contributed by atoms with Crippen molar-refractivity contribution in [3.05, 3.63) is 63.3 Å². The zero-order valence-corrected chi connectivity index (χ0v) is 17.5. The lowest BCUT2D eigenvalue weighted by Crippen LogP contribution is -2.30. The Balaban J connectivity index is 1.85. The molecule has 1 fully saturated rings. The molecular formula is C21H21BrN2O4. The minimum Gasteiger partial charge on any atom is -0.493 e. The van der Waals surface area contributed by atoms with Crippen molar-refractivity contribution >= 4 is 33.9 Å². The van der Waals surface area contributed by atoms with E-state index in [4.69, 9.17) is 9.47 Å². The summed E-state index contributed by atoms with van der Waals surface area (Å²) in [6, 6.07) is 11.2. The third kappa shape index (κ3) is 4.20. The quantitative estimate of drug-likeness (QED) is 0.533. The first-order valence-electron chi connectivity index (χ1n) is 8.83. The Bertz CT molecular complexity index is 955. The Morgan fingerprint density at radius 2 is 2.00 bits per heavy atom. The molecule has 0 aliphatic carbocycles. The van der Waals surface area contributed by atoms with Crippen LogP contribution in [0.15, 0.2) is 46.6 Å². The highest BCUT2D eigenvalue weighted by Crippen LogP contribution is 2.38. The summed E-state index contributed by atoms with van der Waals surface area (Å²) >= 11 is 3.51. The van der Waals surface area contributed by atoms with Gasteiger partial charge in [-0.15, -0.1) is 0 Å². The monoisotopic (exact) mass is 444 g/mol. The first-order chi connectivity index (χ1) is 13.4. The van der Waals surface area contributed by atoms with Gasteiger partial charge in [0, 0.05) is 6.54 Å². The van der Waals surface area contributed by atoms with Crippen molar-refractivity contribution in [3.8, 4) is 11.5 Å².